The number of carbonyl (C=O) groups is 2. The lowest BCUT2D eigenvalue weighted by molar-refractivity contribution is -0.120. The molecule has 2 N–H and O–H groups in total. The van der Waals surface area contributed by atoms with Crippen LogP contribution in [0.25, 0.3) is 0 Å². The first kappa shape index (κ1) is 16.0. The van der Waals surface area contributed by atoms with E-state index in [9.17, 15) is 9.59 Å². The molecule has 0 heterocycles. The van der Waals surface area contributed by atoms with Gasteiger partial charge in [-0.1, -0.05) is 15.9 Å². The Balaban J connectivity index is 2.45. The van der Waals surface area contributed by atoms with Crippen molar-refractivity contribution in [3.63, 3.8) is 0 Å². The molecule has 0 aliphatic carbocycles. The number of halogens is 1. The molecular formula is C12H15BrN2O3S. The largest absolute Gasteiger partial charge is 0.383 e. The van der Waals surface area contributed by atoms with Gasteiger partial charge in [0.15, 0.2) is 0 Å². The van der Waals surface area contributed by atoms with Crippen LogP contribution in [0.4, 0.5) is 0 Å². The average molecular weight is 347 g/mol. The number of nitrogens with one attached hydrogen (secondary N) is 2. The number of amides is 2. The van der Waals surface area contributed by atoms with Crippen LogP contribution in [0.2, 0.25) is 0 Å². The van der Waals surface area contributed by atoms with E-state index in [0.717, 1.165) is 4.47 Å². The number of rotatable bonds is 6. The quantitative estimate of drug-likeness (QED) is 0.536. The first-order valence-corrected chi connectivity index (χ1v) is 6.81. The Morgan fingerprint density at radius 1 is 1.37 bits per heavy atom. The van der Waals surface area contributed by atoms with Crippen LogP contribution in [-0.4, -0.2) is 38.6 Å². The molecular weight excluding hydrogens is 332 g/mol. The van der Waals surface area contributed by atoms with Crippen molar-refractivity contribution in [1.29, 1.82) is 0 Å². The molecule has 104 valence electrons. The number of hydrogen-bond acceptors (Lipinski definition) is 4. The highest BCUT2D eigenvalue weighted by Gasteiger charge is 2.10. The van der Waals surface area contributed by atoms with E-state index in [-0.39, 0.29) is 18.4 Å². The van der Waals surface area contributed by atoms with Crippen LogP contribution in [0, 0.1) is 0 Å². The predicted molar refractivity (Wildman–Crippen MR) is 78.6 cm³/mol. The topological polar surface area (TPSA) is 67.4 Å². The first-order chi connectivity index (χ1) is 9.04. The molecule has 1 aromatic carbocycles. The number of hydrogen-bond donors (Lipinski definition) is 3. The van der Waals surface area contributed by atoms with Crippen LogP contribution in [0.1, 0.15) is 10.4 Å². The molecule has 7 heteroatoms. The second-order valence-corrected chi connectivity index (χ2v) is 5.08. The normalized spacial score (nSPS) is 10.1. The minimum atomic E-state index is -0.334. The van der Waals surface area contributed by atoms with Crippen molar-refractivity contribution >= 4 is 40.4 Å². The van der Waals surface area contributed by atoms with E-state index in [2.05, 4.69) is 39.2 Å². The van der Waals surface area contributed by atoms with Crippen LogP contribution < -0.4 is 10.6 Å². The Hall–Kier alpha value is -1.05. The van der Waals surface area contributed by atoms with Crippen molar-refractivity contribution in [3.8, 4) is 0 Å². The molecule has 0 radical (unpaired) electrons. The van der Waals surface area contributed by atoms with Crippen molar-refractivity contribution in [3.05, 3.63) is 28.2 Å². The molecule has 0 fully saturated rings. The Kier molecular flexibility index (Phi) is 6.90. The van der Waals surface area contributed by atoms with Gasteiger partial charge in [0.05, 0.1) is 18.7 Å². The zero-order chi connectivity index (χ0) is 14.3. The highest BCUT2D eigenvalue weighted by Crippen LogP contribution is 2.19. The number of methoxy groups -OCH3 is 1. The molecule has 0 atom stereocenters. The first-order valence-electron chi connectivity index (χ1n) is 5.57. The lowest BCUT2D eigenvalue weighted by Gasteiger charge is -2.08. The van der Waals surface area contributed by atoms with E-state index in [1.54, 1.807) is 25.3 Å². The number of ether oxygens (including phenoxy) is 1. The Morgan fingerprint density at radius 3 is 2.74 bits per heavy atom. The Morgan fingerprint density at radius 2 is 2.11 bits per heavy atom. The summed E-state index contributed by atoms with van der Waals surface area (Å²) in [5.74, 6) is -0.595. The van der Waals surface area contributed by atoms with E-state index < -0.39 is 0 Å². The van der Waals surface area contributed by atoms with Gasteiger partial charge in [-0.3, -0.25) is 9.59 Å². The third-order valence-electron chi connectivity index (χ3n) is 2.24. The second kappa shape index (κ2) is 8.19. The van der Waals surface area contributed by atoms with Crippen LogP contribution in [-0.2, 0) is 9.53 Å². The second-order valence-electron chi connectivity index (χ2n) is 3.69. The molecule has 19 heavy (non-hydrogen) atoms. The lowest BCUT2D eigenvalue weighted by atomic mass is 10.2. The smallest absolute Gasteiger partial charge is 0.252 e. The van der Waals surface area contributed by atoms with E-state index in [0.29, 0.717) is 23.6 Å². The van der Waals surface area contributed by atoms with Gasteiger partial charge in [0.1, 0.15) is 0 Å². The zero-order valence-corrected chi connectivity index (χ0v) is 12.9. The van der Waals surface area contributed by atoms with Crippen molar-refractivity contribution in [1.82, 2.24) is 10.6 Å². The van der Waals surface area contributed by atoms with Gasteiger partial charge in [0, 0.05) is 23.0 Å². The highest BCUT2D eigenvalue weighted by molar-refractivity contribution is 9.10. The van der Waals surface area contributed by atoms with Gasteiger partial charge >= 0.3 is 0 Å². The molecule has 5 nitrogen and oxygen atoms in total. The number of benzene rings is 1. The molecule has 0 bridgehead atoms. The summed E-state index contributed by atoms with van der Waals surface area (Å²) in [6.45, 7) is 0.778. The summed E-state index contributed by atoms with van der Waals surface area (Å²) in [5.41, 5.74) is 0.427. The van der Waals surface area contributed by atoms with Crippen LogP contribution in [0.3, 0.4) is 0 Å². The Labute approximate surface area is 125 Å². The molecule has 0 unspecified atom stereocenters. The summed E-state index contributed by atoms with van der Waals surface area (Å²) in [4.78, 5) is 23.8. The van der Waals surface area contributed by atoms with Gasteiger partial charge in [0.2, 0.25) is 5.91 Å². The van der Waals surface area contributed by atoms with Gasteiger partial charge in [-0.15, -0.1) is 12.6 Å². The van der Waals surface area contributed by atoms with E-state index in [1.165, 1.54) is 0 Å². The molecule has 1 aromatic rings. The molecule has 0 aromatic heterocycles. The maximum atomic E-state index is 11.8. The van der Waals surface area contributed by atoms with Gasteiger partial charge in [-0.25, -0.2) is 0 Å². The SMILES string of the molecule is COCCNC(=O)CNC(=O)c1ccc(Br)cc1S. The highest BCUT2D eigenvalue weighted by atomic mass is 79.9. The third kappa shape index (κ3) is 5.63. The fourth-order valence-corrected chi connectivity index (χ4v) is 2.16. The third-order valence-corrected chi connectivity index (χ3v) is 3.11. The molecule has 0 saturated heterocycles. The summed E-state index contributed by atoms with van der Waals surface area (Å²) in [5, 5.41) is 5.14. The molecule has 1 rings (SSSR count). The number of thiol groups is 1. The molecule has 0 aliphatic rings. The number of carbonyl (C=O) groups excluding carboxylic acids is 2. The molecule has 0 spiro atoms. The minimum absolute atomic E-state index is 0.0776. The monoisotopic (exact) mass is 346 g/mol. The maximum Gasteiger partial charge on any atom is 0.252 e. The summed E-state index contributed by atoms with van der Waals surface area (Å²) in [6, 6.07) is 5.11. The Bertz CT molecular complexity index is 468. The maximum absolute atomic E-state index is 11.8. The summed E-state index contributed by atoms with van der Waals surface area (Å²) >= 11 is 7.50. The van der Waals surface area contributed by atoms with E-state index in [4.69, 9.17) is 4.74 Å². The van der Waals surface area contributed by atoms with E-state index >= 15 is 0 Å². The summed E-state index contributed by atoms with van der Waals surface area (Å²) < 4.78 is 5.64. The fourth-order valence-electron chi connectivity index (χ4n) is 1.31. The van der Waals surface area contributed by atoms with Crippen molar-refractivity contribution in [2.24, 2.45) is 0 Å². The summed E-state index contributed by atoms with van der Waals surface area (Å²) in [6.07, 6.45) is 0. The average Bonchev–Trinajstić information content (AvgIpc) is 2.36. The predicted octanol–water partition coefficient (Wildman–Crippen LogP) is 1.23. The standard InChI is InChI=1S/C12H15BrN2O3S/c1-18-5-4-14-11(16)7-15-12(17)9-3-2-8(13)6-10(9)19/h2-3,6,19H,4-5,7H2,1H3,(H,14,16)(H,15,17). The fraction of sp³-hybridized carbons (Fsp3) is 0.333. The van der Waals surface area contributed by atoms with Crippen molar-refractivity contribution in [2.45, 2.75) is 4.90 Å². The van der Waals surface area contributed by atoms with Gasteiger partial charge in [-0.05, 0) is 18.2 Å². The van der Waals surface area contributed by atoms with Gasteiger partial charge < -0.3 is 15.4 Å². The lowest BCUT2D eigenvalue weighted by Crippen LogP contribution is -2.38. The van der Waals surface area contributed by atoms with Gasteiger partial charge in [0.25, 0.3) is 5.91 Å². The summed E-state index contributed by atoms with van der Waals surface area (Å²) in [7, 11) is 1.55. The van der Waals surface area contributed by atoms with Crippen molar-refractivity contribution < 1.29 is 14.3 Å². The van der Waals surface area contributed by atoms with Crippen LogP contribution in [0.5, 0.6) is 0 Å². The van der Waals surface area contributed by atoms with Crippen LogP contribution in [0.15, 0.2) is 27.6 Å². The van der Waals surface area contributed by atoms with Crippen LogP contribution >= 0.6 is 28.6 Å². The molecule has 0 aliphatic heterocycles. The minimum Gasteiger partial charge on any atom is -0.383 e. The van der Waals surface area contributed by atoms with E-state index in [1.807, 2.05) is 0 Å². The molecule has 0 saturated carbocycles. The van der Waals surface area contributed by atoms with Crippen molar-refractivity contribution in [2.75, 3.05) is 26.8 Å². The van der Waals surface area contributed by atoms with Gasteiger partial charge in [-0.2, -0.15) is 0 Å². The molecule has 2 amide bonds. The zero-order valence-electron chi connectivity index (χ0n) is 10.4.